The number of hydrogen-bond acceptors (Lipinski definition) is 7. The lowest BCUT2D eigenvalue weighted by atomic mass is 9.91. The van der Waals surface area contributed by atoms with Gasteiger partial charge in [0.25, 0.3) is 0 Å². The van der Waals surface area contributed by atoms with Crippen LogP contribution in [-0.4, -0.2) is 21.4 Å². The molecule has 3 aromatic carbocycles. The number of anilines is 4. The van der Waals surface area contributed by atoms with Crippen LogP contribution in [0.25, 0.3) is 0 Å². The highest BCUT2D eigenvalue weighted by Crippen LogP contribution is 2.39. The Labute approximate surface area is 230 Å². The highest BCUT2D eigenvalue weighted by Gasteiger charge is 2.28. The van der Waals surface area contributed by atoms with Crippen LogP contribution in [0.2, 0.25) is 10.0 Å². The van der Waals surface area contributed by atoms with Gasteiger partial charge in [0.1, 0.15) is 6.33 Å². The first-order valence-corrected chi connectivity index (χ1v) is 12.5. The van der Waals surface area contributed by atoms with Gasteiger partial charge >= 0.3 is 5.69 Å². The summed E-state index contributed by atoms with van der Waals surface area (Å²) < 4.78 is 0. The molecule has 1 N–H and O–H groups in total. The van der Waals surface area contributed by atoms with Crippen molar-refractivity contribution in [2.45, 2.75) is 26.7 Å². The molecule has 0 aliphatic heterocycles. The Morgan fingerprint density at radius 3 is 2.47 bits per heavy atom. The summed E-state index contributed by atoms with van der Waals surface area (Å²) in [7, 11) is 0. The summed E-state index contributed by atoms with van der Waals surface area (Å²) in [6.07, 6.45) is 1.29. The second kappa shape index (κ2) is 11.5. The molecule has 4 rings (SSSR count). The van der Waals surface area contributed by atoms with Gasteiger partial charge in [-0.3, -0.25) is 10.1 Å². The van der Waals surface area contributed by atoms with E-state index in [0.717, 1.165) is 22.4 Å². The van der Waals surface area contributed by atoms with Crippen LogP contribution in [0.15, 0.2) is 67.0 Å². The number of benzene rings is 3. The van der Waals surface area contributed by atoms with Gasteiger partial charge in [-0.25, -0.2) is 9.97 Å². The van der Waals surface area contributed by atoms with Crippen molar-refractivity contribution >= 4 is 51.9 Å². The highest BCUT2D eigenvalue weighted by atomic mass is 35.5. The predicted octanol–water partition coefficient (Wildman–Crippen LogP) is 7.87. The topological polar surface area (TPSA) is 108 Å². The van der Waals surface area contributed by atoms with Crippen LogP contribution in [0.5, 0.6) is 0 Å². The van der Waals surface area contributed by atoms with Gasteiger partial charge in [-0.2, -0.15) is 5.26 Å². The van der Waals surface area contributed by atoms with E-state index in [0.29, 0.717) is 27.8 Å². The van der Waals surface area contributed by atoms with Crippen LogP contribution >= 0.6 is 23.2 Å². The molecule has 0 aliphatic rings. The molecule has 0 aliphatic carbocycles. The summed E-state index contributed by atoms with van der Waals surface area (Å²) in [6.45, 7) is 6.15. The Morgan fingerprint density at radius 2 is 1.84 bits per heavy atom. The molecule has 1 aromatic heterocycles. The summed E-state index contributed by atoms with van der Waals surface area (Å²) >= 11 is 12.6. The maximum atomic E-state index is 12.3. The summed E-state index contributed by atoms with van der Waals surface area (Å²) in [6, 6.07) is 20.4. The zero-order valence-corrected chi connectivity index (χ0v) is 22.5. The Kier molecular flexibility index (Phi) is 8.10. The average molecular weight is 547 g/mol. The van der Waals surface area contributed by atoms with E-state index in [1.54, 1.807) is 41.3 Å². The van der Waals surface area contributed by atoms with Crippen molar-refractivity contribution in [1.82, 2.24) is 9.97 Å². The minimum absolute atomic E-state index is 0.0348. The van der Waals surface area contributed by atoms with Crippen LogP contribution < -0.4 is 10.2 Å². The molecule has 0 amide bonds. The van der Waals surface area contributed by atoms with Crippen LogP contribution in [0.3, 0.4) is 0 Å². The fourth-order valence-electron chi connectivity index (χ4n) is 4.24. The molecular formula is C28H24Cl2N6O2. The second-order valence-electron chi connectivity index (χ2n) is 8.66. The third-order valence-corrected chi connectivity index (χ3v) is 6.69. The molecule has 4 aromatic rings. The van der Waals surface area contributed by atoms with Crippen LogP contribution in [0, 0.1) is 35.3 Å². The molecule has 10 heteroatoms. The summed E-state index contributed by atoms with van der Waals surface area (Å²) in [5.41, 5.74) is 4.19. The molecule has 8 nitrogen and oxygen atoms in total. The average Bonchev–Trinajstić information content (AvgIpc) is 2.89. The molecule has 0 saturated heterocycles. The molecular weight excluding hydrogens is 523 g/mol. The van der Waals surface area contributed by atoms with Crippen molar-refractivity contribution in [3.63, 3.8) is 0 Å². The number of nitrogens with zero attached hydrogens (tertiary/aromatic N) is 5. The number of aryl methyl sites for hydroxylation is 2. The highest BCUT2D eigenvalue weighted by molar-refractivity contribution is 6.32. The number of rotatable bonds is 8. The van der Waals surface area contributed by atoms with E-state index in [1.165, 1.54) is 6.33 Å². The number of nitrogens with one attached hydrogen (secondary N) is 1. The van der Waals surface area contributed by atoms with E-state index in [4.69, 9.17) is 23.2 Å². The van der Waals surface area contributed by atoms with Gasteiger partial charge in [0, 0.05) is 28.0 Å². The van der Waals surface area contributed by atoms with Gasteiger partial charge < -0.3 is 10.2 Å². The van der Waals surface area contributed by atoms with E-state index in [2.05, 4.69) is 21.4 Å². The zero-order valence-electron chi connectivity index (χ0n) is 20.9. The van der Waals surface area contributed by atoms with Gasteiger partial charge in [0.2, 0.25) is 11.6 Å². The Morgan fingerprint density at radius 1 is 1.11 bits per heavy atom. The van der Waals surface area contributed by atoms with Crippen molar-refractivity contribution in [3.05, 3.63) is 109 Å². The predicted molar refractivity (Wildman–Crippen MR) is 151 cm³/mol. The van der Waals surface area contributed by atoms with Gasteiger partial charge in [-0.1, -0.05) is 53.5 Å². The minimum Gasteiger partial charge on any atom is -0.334 e. The number of aromatic nitrogens is 2. The van der Waals surface area contributed by atoms with E-state index in [9.17, 15) is 15.4 Å². The molecule has 0 radical (unpaired) electrons. The molecule has 38 heavy (non-hydrogen) atoms. The number of nitro groups is 1. The number of hydrogen-bond donors (Lipinski definition) is 1. The van der Waals surface area contributed by atoms with Gasteiger partial charge in [-0.15, -0.1) is 0 Å². The maximum absolute atomic E-state index is 12.3. The standard InChI is InChI=1S/C28H24Cl2N6O2/c1-4-35(21-7-5-6-17(2)12-21)28-26(36(37)38)27(32-16-33-28)34-25-14-24(30)22(13-18(25)3)23(15-31)19-8-10-20(29)11-9-19/h5-14,16,23H,4H2,1-3H3,(H,32,33,34). The SMILES string of the molecule is CCN(c1cccc(C)c1)c1ncnc(Nc2cc(Cl)c(C(C#N)c3ccc(Cl)cc3)cc2C)c1[N+](=O)[O-]. The Hall–Kier alpha value is -4.19. The first kappa shape index (κ1) is 26.9. The van der Waals surface area contributed by atoms with Crippen molar-refractivity contribution < 1.29 is 4.92 Å². The lowest BCUT2D eigenvalue weighted by Crippen LogP contribution is -2.20. The van der Waals surface area contributed by atoms with Crippen LogP contribution in [0.4, 0.5) is 28.7 Å². The third kappa shape index (κ3) is 5.54. The summed E-state index contributed by atoms with van der Waals surface area (Å²) in [5.74, 6) is -0.402. The van der Waals surface area contributed by atoms with Gasteiger partial charge in [0.05, 0.1) is 16.9 Å². The van der Waals surface area contributed by atoms with Crippen molar-refractivity contribution in [2.24, 2.45) is 0 Å². The normalized spacial score (nSPS) is 11.5. The smallest absolute Gasteiger partial charge is 0.334 e. The summed E-state index contributed by atoms with van der Waals surface area (Å²) in [5, 5.41) is 26.1. The first-order valence-electron chi connectivity index (χ1n) is 11.8. The van der Waals surface area contributed by atoms with E-state index in [1.807, 2.05) is 45.0 Å². The first-order chi connectivity index (χ1) is 18.2. The maximum Gasteiger partial charge on any atom is 0.354 e. The minimum atomic E-state index is -0.611. The Balaban J connectivity index is 1.74. The summed E-state index contributed by atoms with van der Waals surface area (Å²) in [4.78, 5) is 22.0. The Bertz CT molecular complexity index is 1540. The molecule has 192 valence electrons. The molecule has 0 fully saturated rings. The molecule has 1 unspecified atom stereocenters. The molecule has 1 heterocycles. The third-order valence-electron chi connectivity index (χ3n) is 6.11. The molecule has 1 atom stereocenters. The van der Waals surface area contributed by atoms with Gasteiger partial charge in [0.15, 0.2) is 0 Å². The van der Waals surface area contributed by atoms with Crippen molar-refractivity contribution in [2.75, 3.05) is 16.8 Å². The fourth-order valence-corrected chi connectivity index (χ4v) is 4.64. The van der Waals surface area contributed by atoms with Crippen molar-refractivity contribution in [3.8, 4) is 6.07 Å². The van der Waals surface area contributed by atoms with E-state index >= 15 is 0 Å². The lowest BCUT2D eigenvalue weighted by molar-refractivity contribution is -0.383. The molecule has 0 bridgehead atoms. The largest absolute Gasteiger partial charge is 0.354 e. The molecule has 0 spiro atoms. The van der Waals surface area contributed by atoms with E-state index < -0.39 is 10.8 Å². The molecule has 0 saturated carbocycles. The second-order valence-corrected chi connectivity index (χ2v) is 9.51. The number of nitriles is 1. The van der Waals surface area contributed by atoms with Gasteiger partial charge in [-0.05, 0) is 73.4 Å². The van der Waals surface area contributed by atoms with Crippen LogP contribution in [-0.2, 0) is 0 Å². The fraction of sp³-hybridized carbons (Fsp3) is 0.179. The van der Waals surface area contributed by atoms with Crippen LogP contribution in [0.1, 0.15) is 35.1 Å². The monoisotopic (exact) mass is 546 g/mol. The van der Waals surface area contributed by atoms with Crippen molar-refractivity contribution in [1.29, 1.82) is 5.26 Å². The number of halogens is 2. The zero-order chi connectivity index (χ0) is 27.4. The quantitative estimate of drug-likeness (QED) is 0.177. The van der Waals surface area contributed by atoms with E-state index in [-0.39, 0.29) is 17.3 Å². The lowest BCUT2D eigenvalue weighted by Gasteiger charge is -2.23.